The Balaban J connectivity index is 2.95. The highest BCUT2D eigenvalue weighted by Gasteiger charge is 1.99. The minimum Gasteiger partial charge on any atom is -0.0737 e. The molecule has 0 saturated heterocycles. The Morgan fingerprint density at radius 3 is 1.71 bits per heavy atom. The number of hydrogen-bond donors (Lipinski definition) is 0. The Labute approximate surface area is 50.5 Å². The van der Waals surface area contributed by atoms with E-state index < -0.39 is 0 Å². The molecule has 0 heterocycles. The Morgan fingerprint density at radius 1 is 1.29 bits per heavy atom. The third kappa shape index (κ3) is 6.43. The van der Waals surface area contributed by atoms with Crippen molar-refractivity contribution in [1.82, 2.24) is 0 Å². The number of rotatable bonds is 2. The summed E-state index contributed by atoms with van der Waals surface area (Å²) in [5.41, 5.74) is 0.948. The smallest absolute Gasteiger partial charge is 0.0286 e. The Morgan fingerprint density at radius 2 is 1.71 bits per heavy atom. The lowest BCUT2D eigenvalue weighted by atomic mass is 10.6. The van der Waals surface area contributed by atoms with Crippen LogP contribution in [0.4, 0.5) is 0 Å². The summed E-state index contributed by atoms with van der Waals surface area (Å²) < 4.78 is 0. The van der Waals surface area contributed by atoms with E-state index in [0.717, 1.165) is 5.54 Å². The average molecular weight is 129 g/mol. The first-order chi connectivity index (χ1) is 3.13. The van der Waals surface area contributed by atoms with Crippen molar-refractivity contribution in [3.8, 4) is 0 Å². The van der Waals surface area contributed by atoms with E-state index in [1.807, 2.05) is 0 Å². The van der Waals surface area contributed by atoms with Gasteiger partial charge in [0.05, 0.1) is 0 Å². The van der Waals surface area contributed by atoms with Gasteiger partial charge in [0.2, 0.25) is 0 Å². The van der Waals surface area contributed by atoms with Crippen molar-refractivity contribution in [1.29, 1.82) is 0 Å². The van der Waals surface area contributed by atoms with Crippen LogP contribution in [0.3, 0.4) is 0 Å². The lowest BCUT2D eigenvalue weighted by Crippen LogP contribution is -2.14. The highest BCUT2D eigenvalue weighted by Crippen LogP contribution is 1.97. The minimum atomic E-state index is 0.0936. The zero-order valence-electron chi connectivity index (χ0n) is 5.58. The maximum atomic E-state index is 2.38. The normalized spacial score (nSPS) is 11.1. The summed E-state index contributed by atoms with van der Waals surface area (Å²) in [6, 6.07) is 0. The van der Waals surface area contributed by atoms with E-state index in [1.54, 1.807) is 0 Å². The van der Waals surface area contributed by atoms with Crippen LogP contribution in [0, 0.1) is 0 Å². The van der Waals surface area contributed by atoms with Crippen LogP contribution in [0.15, 0.2) is 0 Å². The van der Waals surface area contributed by atoms with Gasteiger partial charge in [0.25, 0.3) is 0 Å². The van der Waals surface area contributed by atoms with Crippen LogP contribution in [0.25, 0.3) is 0 Å². The third-order valence-corrected chi connectivity index (χ3v) is 5.20. The summed E-state index contributed by atoms with van der Waals surface area (Å²) in [4.78, 5) is 0. The van der Waals surface area contributed by atoms with E-state index in [2.05, 4.69) is 26.9 Å². The van der Waals surface area contributed by atoms with Crippen LogP contribution in [0.5, 0.6) is 0 Å². The predicted molar refractivity (Wildman–Crippen MR) is 38.3 cm³/mol. The first-order valence-corrected chi connectivity index (χ1v) is 7.27. The molecule has 0 amide bonds. The molecule has 0 aromatic carbocycles. The standard InChI is InChI=1S/C5H13Si2/c1-5(2)6-7(3)4/h5H,1-4H3. The largest absolute Gasteiger partial charge is 0.0737 e. The van der Waals surface area contributed by atoms with Gasteiger partial charge in [0.15, 0.2) is 0 Å². The first-order valence-electron chi connectivity index (χ1n) is 2.69. The van der Waals surface area contributed by atoms with E-state index in [1.165, 1.54) is 9.04 Å². The van der Waals surface area contributed by atoms with E-state index in [9.17, 15) is 0 Å². The van der Waals surface area contributed by atoms with Crippen LogP contribution in [0.2, 0.25) is 18.6 Å². The molecule has 41 valence electrons. The van der Waals surface area contributed by atoms with E-state index in [0.29, 0.717) is 0 Å². The second-order valence-electron chi connectivity index (χ2n) is 2.30. The Kier molecular flexibility index (Phi) is 3.65. The average Bonchev–Trinajstić information content (AvgIpc) is 1.27. The zero-order valence-corrected chi connectivity index (χ0v) is 7.58. The van der Waals surface area contributed by atoms with Crippen molar-refractivity contribution in [2.75, 3.05) is 0 Å². The van der Waals surface area contributed by atoms with Gasteiger partial charge in [-0.2, -0.15) is 0 Å². The van der Waals surface area contributed by atoms with E-state index in [-0.39, 0.29) is 8.31 Å². The SMILES string of the molecule is CC(C)[Si][Si](C)C. The van der Waals surface area contributed by atoms with Gasteiger partial charge in [-0.15, -0.1) is 0 Å². The van der Waals surface area contributed by atoms with Gasteiger partial charge in [-0.3, -0.25) is 0 Å². The Bertz CT molecular complexity index is 35.3. The molecule has 0 atom stereocenters. The van der Waals surface area contributed by atoms with Gasteiger partial charge < -0.3 is 0 Å². The molecule has 0 aliphatic rings. The monoisotopic (exact) mass is 129 g/mol. The molecule has 0 unspecified atom stereocenters. The summed E-state index contributed by atoms with van der Waals surface area (Å²) >= 11 is 0. The summed E-state index contributed by atoms with van der Waals surface area (Å²) in [7, 11) is 1.34. The maximum absolute atomic E-state index is 2.38. The molecule has 0 aliphatic heterocycles. The zero-order chi connectivity index (χ0) is 5.86. The van der Waals surface area contributed by atoms with Gasteiger partial charge in [0.1, 0.15) is 0 Å². The van der Waals surface area contributed by atoms with Crippen molar-refractivity contribution in [3.05, 3.63) is 0 Å². The molecule has 0 aliphatic carbocycles. The van der Waals surface area contributed by atoms with Gasteiger partial charge >= 0.3 is 0 Å². The molecule has 0 rings (SSSR count). The highest BCUT2D eigenvalue weighted by atomic mass is 29.2. The summed E-state index contributed by atoms with van der Waals surface area (Å²) in [5.74, 6) is 0. The lowest BCUT2D eigenvalue weighted by Gasteiger charge is -2.02. The summed E-state index contributed by atoms with van der Waals surface area (Å²) in [5, 5.41) is 0. The quantitative estimate of drug-likeness (QED) is 0.499. The molecular formula is C5H13Si2. The molecule has 0 aromatic heterocycles. The van der Waals surface area contributed by atoms with Crippen LogP contribution in [-0.4, -0.2) is 17.4 Å². The predicted octanol–water partition coefficient (Wildman–Crippen LogP) is 1.77. The lowest BCUT2D eigenvalue weighted by molar-refractivity contribution is 1.07. The molecule has 3 radical (unpaired) electrons. The van der Waals surface area contributed by atoms with Gasteiger partial charge in [-0.05, 0) is 0 Å². The van der Waals surface area contributed by atoms with Crippen LogP contribution in [-0.2, 0) is 0 Å². The molecule has 0 fully saturated rings. The molecular weight excluding hydrogens is 116 g/mol. The summed E-state index contributed by atoms with van der Waals surface area (Å²) in [6.07, 6.45) is 0. The van der Waals surface area contributed by atoms with Gasteiger partial charge in [0, 0.05) is 17.4 Å². The van der Waals surface area contributed by atoms with Gasteiger partial charge in [-0.25, -0.2) is 0 Å². The molecule has 0 nitrogen and oxygen atoms in total. The molecule has 2 heteroatoms. The van der Waals surface area contributed by atoms with Crippen LogP contribution in [0.1, 0.15) is 13.8 Å². The van der Waals surface area contributed by atoms with E-state index in [4.69, 9.17) is 0 Å². The van der Waals surface area contributed by atoms with E-state index >= 15 is 0 Å². The minimum absolute atomic E-state index is 0.0936. The van der Waals surface area contributed by atoms with Crippen molar-refractivity contribution in [3.63, 3.8) is 0 Å². The third-order valence-electron chi connectivity index (χ3n) is 0.577. The van der Waals surface area contributed by atoms with Crippen molar-refractivity contribution >= 4 is 17.4 Å². The van der Waals surface area contributed by atoms with Crippen molar-refractivity contribution < 1.29 is 0 Å². The van der Waals surface area contributed by atoms with Crippen molar-refractivity contribution in [2.45, 2.75) is 32.5 Å². The number of hydrogen-bond acceptors (Lipinski definition) is 0. The van der Waals surface area contributed by atoms with Crippen molar-refractivity contribution in [2.24, 2.45) is 0 Å². The Hall–Kier alpha value is 0.434. The summed E-state index contributed by atoms with van der Waals surface area (Å²) in [6.45, 7) is 9.36. The molecule has 7 heavy (non-hydrogen) atoms. The molecule has 0 N–H and O–H groups in total. The fraction of sp³-hybridized carbons (Fsp3) is 1.00. The first kappa shape index (κ1) is 7.43. The van der Waals surface area contributed by atoms with Gasteiger partial charge in [-0.1, -0.05) is 32.5 Å². The van der Waals surface area contributed by atoms with Crippen LogP contribution < -0.4 is 0 Å². The second-order valence-corrected chi connectivity index (χ2v) is 9.61. The molecule has 0 saturated carbocycles. The van der Waals surface area contributed by atoms with Crippen LogP contribution >= 0.6 is 0 Å². The maximum Gasteiger partial charge on any atom is 0.0286 e. The highest BCUT2D eigenvalue weighted by molar-refractivity contribution is 7.11. The molecule has 0 bridgehead atoms. The molecule has 0 aromatic rings. The topological polar surface area (TPSA) is 0 Å². The fourth-order valence-corrected chi connectivity index (χ4v) is 5.20. The second kappa shape index (κ2) is 3.44. The fourth-order valence-electron chi connectivity index (χ4n) is 0.577. The molecule has 0 spiro atoms.